The summed E-state index contributed by atoms with van der Waals surface area (Å²) in [5.41, 5.74) is -0.457. The summed E-state index contributed by atoms with van der Waals surface area (Å²) in [6, 6.07) is 2.24. The molecule has 18 heavy (non-hydrogen) atoms. The summed E-state index contributed by atoms with van der Waals surface area (Å²) < 4.78 is 38.7. The number of pyridine rings is 1. The number of aromatic nitrogens is 4. The Morgan fingerprint density at radius 2 is 1.94 bits per heavy atom. The largest absolute Gasteiger partial charge is 0.417 e. The van der Waals surface area contributed by atoms with Crippen LogP contribution >= 0.6 is 0 Å². The number of nitrogens with one attached hydrogen (secondary N) is 1. The van der Waals surface area contributed by atoms with Crippen LogP contribution in [0.5, 0.6) is 0 Å². The molecule has 0 fully saturated rings. The number of anilines is 1. The van der Waals surface area contributed by atoms with E-state index in [1.165, 1.54) is 6.07 Å². The lowest BCUT2D eigenvalue weighted by molar-refractivity contribution is -0.137. The van der Waals surface area contributed by atoms with Gasteiger partial charge in [0, 0.05) is 20.3 Å². The van der Waals surface area contributed by atoms with Gasteiger partial charge in [0.2, 0.25) is 5.95 Å². The Kier molecular flexibility index (Phi) is 2.93. The molecule has 8 heteroatoms. The monoisotopic (exact) mass is 257 g/mol. The average molecular weight is 257 g/mol. The third-order valence-electron chi connectivity index (χ3n) is 2.42. The quantitative estimate of drug-likeness (QED) is 0.893. The number of hydrogen-bond donors (Lipinski definition) is 1. The van der Waals surface area contributed by atoms with Crippen LogP contribution in [0, 0.1) is 0 Å². The highest BCUT2D eigenvalue weighted by atomic mass is 19.4. The molecular weight excluding hydrogens is 247 g/mol. The third kappa shape index (κ3) is 2.13. The predicted molar refractivity (Wildman–Crippen MR) is 58.8 cm³/mol. The van der Waals surface area contributed by atoms with Gasteiger partial charge in [-0.25, -0.2) is 0 Å². The lowest BCUT2D eigenvalue weighted by atomic mass is 10.2. The number of hydrogen-bond acceptors (Lipinski definition) is 4. The second kappa shape index (κ2) is 4.28. The minimum atomic E-state index is -4.39. The minimum absolute atomic E-state index is 0.333. The fraction of sp³-hybridized carbons (Fsp3) is 0.300. The van der Waals surface area contributed by atoms with E-state index in [1.54, 1.807) is 18.7 Å². The second-order valence-corrected chi connectivity index (χ2v) is 3.59. The van der Waals surface area contributed by atoms with Crippen LogP contribution in [-0.2, 0) is 13.2 Å². The lowest BCUT2D eigenvalue weighted by Crippen LogP contribution is -2.06. The first-order chi connectivity index (χ1) is 8.43. The van der Waals surface area contributed by atoms with Gasteiger partial charge in [-0.15, -0.1) is 10.2 Å². The molecule has 0 aromatic carbocycles. The molecule has 0 aliphatic carbocycles. The van der Waals surface area contributed by atoms with E-state index >= 15 is 0 Å². The first kappa shape index (κ1) is 12.3. The van der Waals surface area contributed by atoms with Crippen molar-refractivity contribution in [1.82, 2.24) is 19.7 Å². The molecule has 0 atom stereocenters. The number of alkyl halides is 3. The Balaban J connectivity index is 2.37. The lowest BCUT2D eigenvalue weighted by Gasteiger charge is -2.06. The summed E-state index contributed by atoms with van der Waals surface area (Å²) >= 11 is 0. The standard InChI is InChI=1S/C10H10F3N5/c1-14-9-17-16-8(18(9)2)7-4-3-6(5-15-7)10(11,12)13/h3-5H,1-2H3,(H,14,17). The number of nitrogens with zero attached hydrogens (tertiary/aromatic N) is 4. The molecule has 96 valence electrons. The van der Waals surface area contributed by atoms with Gasteiger partial charge in [-0.05, 0) is 12.1 Å². The molecule has 2 heterocycles. The summed E-state index contributed by atoms with van der Waals surface area (Å²) in [7, 11) is 3.37. The topological polar surface area (TPSA) is 55.6 Å². The van der Waals surface area contributed by atoms with Crippen LogP contribution in [0.1, 0.15) is 5.56 Å². The van der Waals surface area contributed by atoms with Gasteiger partial charge in [0.05, 0.1) is 5.56 Å². The zero-order valence-electron chi connectivity index (χ0n) is 9.65. The highest BCUT2D eigenvalue weighted by Crippen LogP contribution is 2.29. The molecular formula is C10H10F3N5. The van der Waals surface area contributed by atoms with E-state index < -0.39 is 11.7 Å². The summed E-state index contributed by atoms with van der Waals surface area (Å²) in [5.74, 6) is 0.903. The van der Waals surface area contributed by atoms with Gasteiger partial charge in [-0.1, -0.05) is 0 Å². The molecule has 0 bridgehead atoms. The molecule has 1 N–H and O–H groups in total. The maximum Gasteiger partial charge on any atom is 0.417 e. The Morgan fingerprint density at radius 3 is 2.39 bits per heavy atom. The molecule has 0 amide bonds. The van der Waals surface area contributed by atoms with Gasteiger partial charge in [-0.2, -0.15) is 13.2 Å². The van der Waals surface area contributed by atoms with Crippen molar-refractivity contribution in [2.75, 3.05) is 12.4 Å². The Bertz CT molecular complexity index is 544. The molecule has 0 radical (unpaired) electrons. The van der Waals surface area contributed by atoms with Crippen LogP contribution in [0.25, 0.3) is 11.5 Å². The molecule has 0 saturated heterocycles. The summed E-state index contributed by atoms with van der Waals surface area (Å²) in [5, 5.41) is 10.5. The van der Waals surface area contributed by atoms with E-state index in [0.29, 0.717) is 17.5 Å². The maximum absolute atomic E-state index is 12.4. The summed E-state index contributed by atoms with van der Waals surface area (Å²) in [4.78, 5) is 3.75. The molecule has 2 aromatic heterocycles. The Hall–Kier alpha value is -2.12. The van der Waals surface area contributed by atoms with E-state index in [-0.39, 0.29) is 0 Å². The smallest absolute Gasteiger partial charge is 0.357 e. The van der Waals surface area contributed by atoms with E-state index in [2.05, 4.69) is 20.5 Å². The van der Waals surface area contributed by atoms with Gasteiger partial charge >= 0.3 is 6.18 Å². The van der Waals surface area contributed by atoms with E-state index in [0.717, 1.165) is 12.3 Å². The highest BCUT2D eigenvalue weighted by molar-refractivity contribution is 5.52. The normalized spacial score (nSPS) is 11.6. The minimum Gasteiger partial charge on any atom is -0.357 e. The molecule has 0 aliphatic rings. The van der Waals surface area contributed by atoms with Crippen LogP contribution in [0.3, 0.4) is 0 Å². The zero-order chi connectivity index (χ0) is 13.3. The fourth-order valence-electron chi connectivity index (χ4n) is 1.46. The molecule has 2 aromatic rings. The number of rotatable bonds is 2. The Morgan fingerprint density at radius 1 is 1.22 bits per heavy atom. The van der Waals surface area contributed by atoms with Crippen molar-refractivity contribution >= 4 is 5.95 Å². The van der Waals surface area contributed by atoms with Crippen molar-refractivity contribution in [3.63, 3.8) is 0 Å². The van der Waals surface area contributed by atoms with Crippen LogP contribution in [0.4, 0.5) is 19.1 Å². The van der Waals surface area contributed by atoms with Gasteiger partial charge in [0.15, 0.2) is 5.82 Å². The van der Waals surface area contributed by atoms with Crippen molar-refractivity contribution < 1.29 is 13.2 Å². The molecule has 0 saturated carbocycles. The molecule has 2 rings (SSSR count). The molecule has 0 aliphatic heterocycles. The van der Waals surface area contributed by atoms with Gasteiger partial charge in [0.25, 0.3) is 0 Å². The molecule has 0 unspecified atom stereocenters. The van der Waals surface area contributed by atoms with Crippen molar-refractivity contribution in [3.8, 4) is 11.5 Å². The van der Waals surface area contributed by atoms with Crippen molar-refractivity contribution in [1.29, 1.82) is 0 Å². The van der Waals surface area contributed by atoms with Crippen LogP contribution < -0.4 is 5.32 Å². The maximum atomic E-state index is 12.4. The predicted octanol–water partition coefficient (Wildman–Crippen LogP) is 1.94. The van der Waals surface area contributed by atoms with Gasteiger partial charge in [-0.3, -0.25) is 9.55 Å². The van der Waals surface area contributed by atoms with E-state index in [9.17, 15) is 13.2 Å². The van der Waals surface area contributed by atoms with Crippen molar-refractivity contribution in [2.24, 2.45) is 7.05 Å². The van der Waals surface area contributed by atoms with Crippen LogP contribution in [0.15, 0.2) is 18.3 Å². The highest BCUT2D eigenvalue weighted by Gasteiger charge is 2.30. The first-order valence-corrected chi connectivity index (χ1v) is 5.04. The van der Waals surface area contributed by atoms with Gasteiger partial charge < -0.3 is 5.32 Å². The van der Waals surface area contributed by atoms with E-state index in [1.807, 2.05) is 0 Å². The van der Waals surface area contributed by atoms with Gasteiger partial charge in [0.1, 0.15) is 5.69 Å². The molecule has 5 nitrogen and oxygen atoms in total. The number of halogens is 3. The summed E-state index contributed by atoms with van der Waals surface area (Å²) in [6.45, 7) is 0. The SMILES string of the molecule is CNc1nnc(-c2ccc(C(F)(F)F)cn2)n1C. The van der Waals surface area contributed by atoms with E-state index in [4.69, 9.17) is 0 Å². The molecule has 0 spiro atoms. The zero-order valence-corrected chi connectivity index (χ0v) is 9.65. The summed E-state index contributed by atoms with van der Waals surface area (Å²) in [6.07, 6.45) is -3.61. The average Bonchev–Trinajstić information content (AvgIpc) is 2.69. The first-order valence-electron chi connectivity index (χ1n) is 5.04. The van der Waals surface area contributed by atoms with Crippen molar-refractivity contribution in [3.05, 3.63) is 23.9 Å². The fourth-order valence-corrected chi connectivity index (χ4v) is 1.46. The second-order valence-electron chi connectivity index (χ2n) is 3.59. The Labute approximate surface area is 101 Å². The van der Waals surface area contributed by atoms with Crippen LogP contribution in [0.2, 0.25) is 0 Å². The third-order valence-corrected chi connectivity index (χ3v) is 2.42. The van der Waals surface area contributed by atoms with Crippen molar-refractivity contribution in [2.45, 2.75) is 6.18 Å². The van der Waals surface area contributed by atoms with Crippen LogP contribution in [-0.4, -0.2) is 26.8 Å².